The first-order chi connectivity index (χ1) is 17.7. The summed E-state index contributed by atoms with van der Waals surface area (Å²) in [6, 6.07) is 20.1. The molecule has 8 nitrogen and oxygen atoms in total. The van der Waals surface area contributed by atoms with Crippen LogP contribution >= 0.6 is 0 Å². The smallest absolute Gasteiger partial charge is 0.226 e. The average Bonchev–Trinajstić information content (AvgIpc) is 2.97. The van der Waals surface area contributed by atoms with Gasteiger partial charge < -0.3 is 24.0 Å². The summed E-state index contributed by atoms with van der Waals surface area (Å²) in [6.07, 6.45) is 3.54. The number of hydrogen-bond donors (Lipinski definition) is 0. The van der Waals surface area contributed by atoms with Crippen LogP contribution in [0.4, 0.5) is 11.6 Å². The third-order valence-corrected chi connectivity index (χ3v) is 6.36. The lowest BCUT2D eigenvalue weighted by Crippen LogP contribution is -2.47. The van der Waals surface area contributed by atoms with E-state index in [0.717, 1.165) is 48.7 Å². The highest BCUT2D eigenvalue weighted by molar-refractivity contribution is 5.76. The normalized spacial score (nSPS) is 13.4. The number of ether oxygens (including phenoxy) is 3. The first-order valence-electron chi connectivity index (χ1n) is 11.8. The van der Waals surface area contributed by atoms with Crippen molar-refractivity contribution in [2.45, 2.75) is 0 Å². The van der Waals surface area contributed by atoms with Crippen LogP contribution < -0.4 is 24.0 Å². The van der Waals surface area contributed by atoms with Crippen LogP contribution in [0.2, 0.25) is 0 Å². The van der Waals surface area contributed by atoms with Gasteiger partial charge in [0.15, 0.2) is 11.5 Å². The minimum atomic E-state index is 0.596. The van der Waals surface area contributed by atoms with Crippen LogP contribution in [-0.2, 0) is 0 Å². The summed E-state index contributed by atoms with van der Waals surface area (Å²) in [4.78, 5) is 18.7. The van der Waals surface area contributed by atoms with Gasteiger partial charge >= 0.3 is 0 Å². The molecule has 1 aliphatic heterocycles. The zero-order chi connectivity index (χ0) is 24.9. The monoisotopic (exact) mass is 483 g/mol. The fourth-order valence-electron chi connectivity index (χ4n) is 4.42. The molecule has 1 fully saturated rings. The number of hydrogen-bond acceptors (Lipinski definition) is 8. The number of rotatable bonds is 7. The summed E-state index contributed by atoms with van der Waals surface area (Å²) < 4.78 is 16.7. The highest BCUT2D eigenvalue weighted by Crippen LogP contribution is 2.40. The van der Waals surface area contributed by atoms with Crippen LogP contribution in [-0.4, -0.2) is 62.5 Å². The SMILES string of the molecule is COc1cc(OC)c(-c2cc(-c3ccncc3)nc(N3CCN(c4ccccc4)CC3)n2)cc1OC. The zero-order valence-electron chi connectivity index (χ0n) is 20.7. The molecular weight excluding hydrogens is 454 g/mol. The highest BCUT2D eigenvalue weighted by atomic mass is 16.5. The van der Waals surface area contributed by atoms with E-state index in [-0.39, 0.29) is 0 Å². The van der Waals surface area contributed by atoms with Gasteiger partial charge in [0.2, 0.25) is 5.95 Å². The third kappa shape index (κ3) is 4.75. The second-order valence-corrected chi connectivity index (χ2v) is 8.39. The Morgan fingerprint density at radius 1 is 0.639 bits per heavy atom. The lowest BCUT2D eigenvalue weighted by Gasteiger charge is -2.36. The van der Waals surface area contributed by atoms with Gasteiger partial charge in [-0.3, -0.25) is 4.98 Å². The molecule has 5 rings (SSSR count). The minimum Gasteiger partial charge on any atom is -0.496 e. The maximum atomic E-state index is 5.71. The molecule has 36 heavy (non-hydrogen) atoms. The van der Waals surface area contributed by atoms with Crippen LogP contribution in [0, 0.1) is 0 Å². The van der Waals surface area contributed by atoms with Crippen molar-refractivity contribution < 1.29 is 14.2 Å². The number of piperazine rings is 1. The predicted molar refractivity (Wildman–Crippen MR) is 141 cm³/mol. The fraction of sp³-hybridized carbons (Fsp3) is 0.250. The quantitative estimate of drug-likeness (QED) is 0.379. The molecule has 1 saturated heterocycles. The molecule has 0 unspecified atom stereocenters. The van der Waals surface area contributed by atoms with Gasteiger partial charge in [0.25, 0.3) is 0 Å². The molecule has 0 N–H and O–H groups in total. The summed E-state index contributed by atoms with van der Waals surface area (Å²) in [5, 5.41) is 0. The van der Waals surface area contributed by atoms with Crippen LogP contribution in [0.25, 0.3) is 22.5 Å². The Balaban J connectivity index is 1.54. The molecule has 4 aromatic rings. The molecule has 0 radical (unpaired) electrons. The molecule has 0 spiro atoms. The number of benzene rings is 2. The minimum absolute atomic E-state index is 0.596. The summed E-state index contributed by atoms with van der Waals surface area (Å²) in [6.45, 7) is 3.41. The van der Waals surface area contributed by atoms with E-state index in [4.69, 9.17) is 24.2 Å². The van der Waals surface area contributed by atoms with Crippen molar-refractivity contribution in [3.8, 4) is 39.8 Å². The standard InChI is InChI=1S/C28H29N5O3/c1-34-25-19-27(36-3)26(35-2)17-22(25)24-18-23(20-9-11-29-12-10-20)30-28(31-24)33-15-13-32(14-16-33)21-7-5-4-6-8-21/h4-12,17-19H,13-16H2,1-3H3. The van der Waals surface area contributed by atoms with Crippen molar-refractivity contribution in [2.75, 3.05) is 57.3 Å². The lowest BCUT2D eigenvalue weighted by molar-refractivity contribution is 0.349. The van der Waals surface area contributed by atoms with Crippen molar-refractivity contribution in [2.24, 2.45) is 0 Å². The topological polar surface area (TPSA) is 72.8 Å². The van der Waals surface area contributed by atoms with Crippen LogP contribution in [0.5, 0.6) is 17.2 Å². The Labute approximate surface area is 211 Å². The maximum absolute atomic E-state index is 5.71. The maximum Gasteiger partial charge on any atom is 0.226 e. The molecular formula is C28H29N5O3. The van der Waals surface area contributed by atoms with Crippen LogP contribution in [0.15, 0.2) is 73.1 Å². The van der Waals surface area contributed by atoms with E-state index in [1.54, 1.807) is 33.7 Å². The Bertz CT molecular complexity index is 1310. The fourth-order valence-corrected chi connectivity index (χ4v) is 4.42. The summed E-state index contributed by atoms with van der Waals surface area (Å²) >= 11 is 0. The molecule has 0 atom stereocenters. The lowest BCUT2D eigenvalue weighted by atomic mass is 10.1. The first-order valence-corrected chi connectivity index (χ1v) is 11.8. The van der Waals surface area contributed by atoms with Gasteiger partial charge in [-0.25, -0.2) is 9.97 Å². The van der Waals surface area contributed by atoms with Gasteiger partial charge in [0.05, 0.1) is 32.7 Å². The number of anilines is 2. The Kier molecular flexibility index (Phi) is 6.84. The van der Waals surface area contributed by atoms with E-state index in [9.17, 15) is 0 Å². The van der Waals surface area contributed by atoms with Crippen molar-refractivity contribution in [1.82, 2.24) is 15.0 Å². The summed E-state index contributed by atoms with van der Waals surface area (Å²) in [7, 11) is 4.87. The number of para-hydroxylation sites is 1. The van der Waals surface area contributed by atoms with Crippen molar-refractivity contribution >= 4 is 11.6 Å². The van der Waals surface area contributed by atoms with E-state index >= 15 is 0 Å². The number of aromatic nitrogens is 3. The predicted octanol–water partition coefficient (Wildman–Crippen LogP) is 4.56. The number of pyridine rings is 1. The molecule has 0 amide bonds. The summed E-state index contributed by atoms with van der Waals surface area (Å²) in [5.74, 6) is 2.53. The third-order valence-electron chi connectivity index (χ3n) is 6.36. The Morgan fingerprint density at radius 3 is 1.92 bits per heavy atom. The Morgan fingerprint density at radius 2 is 1.25 bits per heavy atom. The summed E-state index contributed by atoms with van der Waals surface area (Å²) in [5.41, 5.74) is 4.57. The molecule has 0 bridgehead atoms. The van der Waals surface area contributed by atoms with Gasteiger partial charge in [-0.2, -0.15) is 0 Å². The van der Waals surface area contributed by atoms with E-state index in [0.29, 0.717) is 23.2 Å². The van der Waals surface area contributed by atoms with Crippen molar-refractivity contribution in [3.63, 3.8) is 0 Å². The van der Waals surface area contributed by atoms with Crippen LogP contribution in [0.1, 0.15) is 0 Å². The molecule has 184 valence electrons. The second kappa shape index (κ2) is 10.5. The molecule has 0 saturated carbocycles. The molecule has 3 heterocycles. The van der Waals surface area contributed by atoms with Crippen molar-refractivity contribution in [3.05, 3.63) is 73.1 Å². The first kappa shape index (κ1) is 23.4. The molecule has 2 aromatic heterocycles. The molecule has 8 heteroatoms. The van der Waals surface area contributed by atoms with E-state index in [1.165, 1.54) is 5.69 Å². The molecule has 1 aliphatic rings. The zero-order valence-corrected chi connectivity index (χ0v) is 20.7. The molecule has 0 aliphatic carbocycles. The molecule has 2 aromatic carbocycles. The van der Waals surface area contributed by atoms with Gasteiger partial charge in [-0.05, 0) is 36.4 Å². The Hall–Kier alpha value is -4.33. The van der Waals surface area contributed by atoms with E-state index < -0.39 is 0 Å². The van der Waals surface area contributed by atoms with Gasteiger partial charge in [0.1, 0.15) is 5.75 Å². The largest absolute Gasteiger partial charge is 0.496 e. The van der Waals surface area contributed by atoms with Crippen LogP contribution in [0.3, 0.4) is 0 Å². The van der Waals surface area contributed by atoms with Gasteiger partial charge in [0, 0.05) is 61.5 Å². The van der Waals surface area contributed by atoms with Crippen molar-refractivity contribution in [1.29, 1.82) is 0 Å². The van der Waals surface area contributed by atoms with E-state index in [2.05, 4.69) is 39.0 Å². The number of nitrogens with zero attached hydrogens (tertiary/aromatic N) is 5. The van der Waals surface area contributed by atoms with Gasteiger partial charge in [-0.1, -0.05) is 18.2 Å². The number of methoxy groups -OCH3 is 3. The highest BCUT2D eigenvalue weighted by Gasteiger charge is 2.22. The average molecular weight is 484 g/mol. The van der Waals surface area contributed by atoms with E-state index in [1.807, 2.05) is 36.4 Å². The van der Waals surface area contributed by atoms with Gasteiger partial charge in [-0.15, -0.1) is 0 Å². The second-order valence-electron chi connectivity index (χ2n) is 8.39.